The molecule has 0 aliphatic heterocycles. The fourth-order valence-corrected chi connectivity index (χ4v) is 2.31. The van der Waals surface area contributed by atoms with Gasteiger partial charge < -0.3 is 10.6 Å². The van der Waals surface area contributed by atoms with Gasteiger partial charge in [-0.3, -0.25) is 4.79 Å². The molecule has 0 spiro atoms. The number of carbonyl (C=O) groups is 1. The Kier molecular flexibility index (Phi) is 5.02. The van der Waals surface area contributed by atoms with Crippen LogP contribution in [-0.2, 0) is 4.79 Å². The molecule has 0 atom stereocenters. The quantitative estimate of drug-likeness (QED) is 0.745. The van der Waals surface area contributed by atoms with E-state index in [0.29, 0.717) is 23.9 Å². The van der Waals surface area contributed by atoms with Crippen molar-refractivity contribution >= 4 is 23.1 Å². The van der Waals surface area contributed by atoms with Crippen LogP contribution >= 0.6 is 12.2 Å². The van der Waals surface area contributed by atoms with E-state index in [9.17, 15) is 4.79 Å². The lowest BCUT2D eigenvalue weighted by Gasteiger charge is -2.24. The first-order chi connectivity index (χ1) is 7.09. The number of rotatable bonds is 4. The van der Waals surface area contributed by atoms with Gasteiger partial charge in [-0.2, -0.15) is 0 Å². The Labute approximate surface area is 97.0 Å². The highest BCUT2D eigenvalue weighted by atomic mass is 32.1. The number of hydrogen-bond donors (Lipinski definition) is 1. The molecule has 0 radical (unpaired) electrons. The highest BCUT2D eigenvalue weighted by Gasteiger charge is 2.19. The van der Waals surface area contributed by atoms with Crippen molar-refractivity contribution in [1.82, 2.24) is 4.90 Å². The molecule has 0 aromatic carbocycles. The highest BCUT2D eigenvalue weighted by Crippen LogP contribution is 2.26. The molecule has 0 aromatic heterocycles. The van der Waals surface area contributed by atoms with E-state index in [1.807, 2.05) is 0 Å². The van der Waals surface area contributed by atoms with Gasteiger partial charge in [0.2, 0.25) is 5.91 Å². The molecular weight excluding hydrogens is 208 g/mol. The zero-order valence-electron chi connectivity index (χ0n) is 9.37. The molecule has 86 valence electrons. The van der Waals surface area contributed by atoms with Gasteiger partial charge in [0.05, 0.1) is 11.5 Å². The molecule has 0 saturated heterocycles. The Morgan fingerprint density at radius 1 is 1.40 bits per heavy atom. The average Bonchev–Trinajstić information content (AvgIpc) is 2.18. The first-order valence-electron chi connectivity index (χ1n) is 5.62. The summed E-state index contributed by atoms with van der Waals surface area (Å²) in [5.41, 5.74) is 5.40. The van der Waals surface area contributed by atoms with Crippen LogP contribution in [0.2, 0.25) is 0 Å². The van der Waals surface area contributed by atoms with E-state index < -0.39 is 0 Å². The molecule has 0 heterocycles. The average molecular weight is 228 g/mol. The third kappa shape index (κ3) is 4.60. The van der Waals surface area contributed by atoms with Crippen molar-refractivity contribution in [2.24, 2.45) is 11.7 Å². The number of amides is 1. The Morgan fingerprint density at radius 3 is 2.53 bits per heavy atom. The van der Waals surface area contributed by atoms with Gasteiger partial charge in [-0.25, -0.2) is 0 Å². The largest absolute Gasteiger partial charge is 0.392 e. The lowest BCUT2D eigenvalue weighted by molar-refractivity contribution is -0.130. The topological polar surface area (TPSA) is 46.3 Å². The SMILES string of the molecule is CN(CC(N)=S)C(=O)CC1CCCCC1. The summed E-state index contributed by atoms with van der Waals surface area (Å²) in [6.45, 7) is 0.404. The molecule has 0 unspecified atom stereocenters. The second kappa shape index (κ2) is 6.05. The van der Waals surface area contributed by atoms with Gasteiger partial charge in [0, 0.05) is 13.5 Å². The van der Waals surface area contributed by atoms with E-state index in [2.05, 4.69) is 0 Å². The van der Waals surface area contributed by atoms with E-state index in [1.54, 1.807) is 11.9 Å². The smallest absolute Gasteiger partial charge is 0.222 e. The summed E-state index contributed by atoms with van der Waals surface area (Å²) in [4.78, 5) is 13.8. The fraction of sp³-hybridized carbons (Fsp3) is 0.818. The Morgan fingerprint density at radius 2 is 2.00 bits per heavy atom. The number of thiocarbonyl (C=S) groups is 1. The van der Waals surface area contributed by atoms with E-state index in [4.69, 9.17) is 18.0 Å². The summed E-state index contributed by atoms with van der Waals surface area (Å²) in [6, 6.07) is 0. The lowest BCUT2D eigenvalue weighted by Crippen LogP contribution is -2.35. The van der Waals surface area contributed by atoms with Crippen LogP contribution in [0.3, 0.4) is 0 Å². The Bertz CT molecular complexity index is 237. The van der Waals surface area contributed by atoms with Gasteiger partial charge in [-0.05, 0) is 18.8 Å². The van der Waals surface area contributed by atoms with E-state index >= 15 is 0 Å². The molecule has 0 aromatic rings. The minimum atomic E-state index is 0.176. The molecule has 1 amide bonds. The van der Waals surface area contributed by atoms with Gasteiger partial charge >= 0.3 is 0 Å². The van der Waals surface area contributed by atoms with Crippen LogP contribution in [0, 0.1) is 5.92 Å². The summed E-state index contributed by atoms with van der Waals surface area (Å²) in [6.07, 6.45) is 6.94. The normalized spacial score (nSPS) is 17.4. The number of hydrogen-bond acceptors (Lipinski definition) is 2. The molecule has 15 heavy (non-hydrogen) atoms. The summed E-state index contributed by atoms with van der Waals surface area (Å²) < 4.78 is 0. The molecule has 3 nitrogen and oxygen atoms in total. The number of likely N-dealkylation sites (N-methyl/N-ethyl adjacent to an activating group) is 1. The third-order valence-electron chi connectivity index (χ3n) is 3.01. The summed E-state index contributed by atoms with van der Waals surface area (Å²) in [5, 5.41) is 0. The van der Waals surface area contributed by atoms with Gasteiger partial charge in [-0.1, -0.05) is 31.5 Å². The molecule has 1 rings (SSSR count). The number of nitrogens with zero attached hydrogens (tertiary/aromatic N) is 1. The molecule has 1 aliphatic carbocycles. The maximum atomic E-state index is 11.8. The number of carbonyl (C=O) groups excluding carboxylic acids is 1. The molecule has 2 N–H and O–H groups in total. The molecule has 4 heteroatoms. The van der Waals surface area contributed by atoms with Crippen LogP contribution < -0.4 is 5.73 Å². The minimum absolute atomic E-state index is 0.176. The molecular formula is C11H20N2OS. The summed E-state index contributed by atoms with van der Waals surface area (Å²) in [7, 11) is 1.77. The molecule has 0 bridgehead atoms. The first kappa shape index (κ1) is 12.4. The Balaban J connectivity index is 2.30. The van der Waals surface area contributed by atoms with E-state index in [1.165, 1.54) is 32.1 Å². The van der Waals surface area contributed by atoms with Crippen LogP contribution in [0.1, 0.15) is 38.5 Å². The van der Waals surface area contributed by atoms with E-state index in [0.717, 1.165) is 0 Å². The van der Waals surface area contributed by atoms with Gasteiger partial charge in [0.25, 0.3) is 0 Å². The first-order valence-corrected chi connectivity index (χ1v) is 6.02. The zero-order valence-corrected chi connectivity index (χ0v) is 10.2. The minimum Gasteiger partial charge on any atom is -0.392 e. The fourth-order valence-electron chi connectivity index (χ4n) is 2.12. The number of nitrogens with two attached hydrogens (primary N) is 1. The standard InChI is InChI=1S/C11H20N2OS/c1-13(8-10(12)15)11(14)7-9-5-3-2-4-6-9/h9H,2-8H2,1H3,(H2,12,15). The van der Waals surface area contributed by atoms with Crippen LogP contribution in [0.5, 0.6) is 0 Å². The van der Waals surface area contributed by atoms with Crippen molar-refractivity contribution in [3.05, 3.63) is 0 Å². The van der Waals surface area contributed by atoms with Crippen molar-refractivity contribution in [1.29, 1.82) is 0 Å². The van der Waals surface area contributed by atoms with Crippen LogP contribution in [0.25, 0.3) is 0 Å². The molecule has 1 saturated carbocycles. The second-order valence-electron chi connectivity index (χ2n) is 4.42. The summed E-state index contributed by atoms with van der Waals surface area (Å²) >= 11 is 4.78. The predicted octanol–water partition coefficient (Wildman–Crippen LogP) is 1.70. The molecule has 1 fully saturated rings. The Hall–Kier alpha value is -0.640. The van der Waals surface area contributed by atoms with E-state index in [-0.39, 0.29) is 5.91 Å². The van der Waals surface area contributed by atoms with Crippen LogP contribution in [-0.4, -0.2) is 29.4 Å². The van der Waals surface area contributed by atoms with Crippen molar-refractivity contribution in [3.63, 3.8) is 0 Å². The predicted molar refractivity (Wildman–Crippen MR) is 65.6 cm³/mol. The van der Waals surface area contributed by atoms with Crippen molar-refractivity contribution in [2.75, 3.05) is 13.6 Å². The monoisotopic (exact) mass is 228 g/mol. The van der Waals surface area contributed by atoms with Crippen molar-refractivity contribution < 1.29 is 4.79 Å². The van der Waals surface area contributed by atoms with Crippen LogP contribution in [0.4, 0.5) is 0 Å². The molecule has 1 aliphatic rings. The van der Waals surface area contributed by atoms with Crippen LogP contribution in [0.15, 0.2) is 0 Å². The third-order valence-corrected chi connectivity index (χ3v) is 3.14. The van der Waals surface area contributed by atoms with Crippen molar-refractivity contribution in [3.8, 4) is 0 Å². The summed E-state index contributed by atoms with van der Waals surface area (Å²) in [5.74, 6) is 0.759. The zero-order chi connectivity index (χ0) is 11.3. The van der Waals surface area contributed by atoms with Gasteiger partial charge in [0.1, 0.15) is 0 Å². The van der Waals surface area contributed by atoms with Gasteiger partial charge in [-0.15, -0.1) is 0 Å². The maximum Gasteiger partial charge on any atom is 0.222 e. The maximum absolute atomic E-state index is 11.8. The highest BCUT2D eigenvalue weighted by molar-refractivity contribution is 7.80. The lowest BCUT2D eigenvalue weighted by atomic mass is 9.87. The van der Waals surface area contributed by atoms with Crippen molar-refractivity contribution in [2.45, 2.75) is 38.5 Å². The van der Waals surface area contributed by atoms with Gasteiger partial charge in [0.15, 0.2) is 0 Å². The second-order valence-corrected chi connectivity index (χ2v) is 4.95.